The Morgan fingerprint density at radius 2 is 1.25 bits per heavy atom. The van der Waals surface area contributed by atoms with E-state index in [1.807, 2.05) is 0 Å². The molecule has 6 heteroatoms. The summed E-state index contributed by atoms with van der Waals surface area (Å²) in [4.78, 5) is 7.14. The third kappa shape index (κ3) is 2330. The van der Waals surface area contributed by atoms with E-state index in [9.17, 15) is 0 Å². The van der Waals surface area contributed by atoms with Gasteiger partial charge in [0.2, 0.25) is 0 Å². The minimum atomic E-state index is 0. The Kier molecular flexibility index (Phi) is 529. The van der Waals surface area contributed by atoms with Crippen LogP contribution in [0.2, 0.25) is 0 Å². The van der Waals surface area contributed by atoms with Gasteiger partial charge in [-0.25, -0.2) is 0 Å². The van der Waals surface area contributed by atoms with Gasteiger partial charge in [0, 0.05) is 14.2 Å². The second-order valence-electron chi connectivity index (χ2n) is 0.408. The molecule has 56 valence electrons. The average molecular weight is 159 g/mol. The molecule has 0 radical (unpaired) electrons. The predicted octanol–water partition coefficient (Wildman–Crippen LogP) is -3.40. The van der Waals surface area contributed by atoms with Crippen molar-refractivity contribution in [2.24, 2.45) is 0 Å². The van der Waals surface area contributed by atoms with Crippen molar-refractivity contribution in [2.75, 3.05) is 14.2 Å². The first-order chi connectivity index (χ1) is 3.41. The first-order valence-electron chi connectivity index (χ1n) is 1.71. The van der Waals surface area contributed by atoms with Crippen LogP contribution in [0.15, 0.2) is 0 Å². The molecule has 0 aliphatic carbocycles. The van der Waals surface area contributed by atoms with Gasteiger partial charge in [0.25, 0.3) is 0 Å². The first-order valence-corrected chi connectivity index (χ1v) is 3.42. The Balaban J connectivity index is -0.0000000147. The van der Waals surface area contributed by atoms with Crippen molar-refractivity contribution in [1.29, 1.82) is 0 Å². The zero-order valence-electron chi connectivity index (χ0n) is 5.75. The molecule has 0 aliphatic rings. The van der Waals surface area contributed by atoms with Crippen LogP contribution in [-0.2, 0) is 4.43 Å². The topological polar surface area (TPSA) is 79.7 Å². The lowest BCUT2D eigenvalue weighted by atomic mass is 11.8. The van der Waals surface area contributed by atoms with Crippen molar-refractivity contribution in [3.63, 3.8) is 0 Å². The molecule has 0 fully saturated rings. The van der Waals surface area contributed by atoms with E-state index in [0.29, 0.717) is 10.5 Å². The van der Waals surface area contributed by atoms with Gasteiger partial charge in [-0.15, -0.1) is 0 Å². The van der Waals surface area contributed by atoms with Crippen LogP contribution in [-0.4, -0.2) is 50.6 Å². The quantitative estimate of drug-likeness (QED) is 0.361. The van der Waals surface area contributed by atoms with E-state index in [1.54, 1.807) is 7.11 Å². The van der Waals surface area contributed by atoms with Crippen LogP contribution in [0.4, 0.5) is 0 Å². The standard InChI is InChI=1S/CH6OSi.CH4O.H4OSi.H2O/c1-2-3;2*1-2;/h1,3H3;2H,1H3;1H,2H3;1H2/p-1. The van der Waals surface area contributed by atoms with Gasteiger partial charge in [-0.1, -0.05) is 0 Å². The van der Waals surface area contributed by atoms with Gasteiger partial charge in [-0.3, -0.25) is 0 Å². The molecule has 4 nitrogen and oxygen atoms in total. The van der Waals surface area contributed by atoms with Crippen molar-refractivity contribution in [3.8, 4) is 0 Å². The normalized spacial score (nSPS) is 4.50. The lowest BCUT2D eigenvalue weighted by molar-refractivity contribution is 0.399. The van der Waals surface area contributed by atoms with E-state index in [0.717, 1.165) is 17.6 Å². The second kappa shape index (κ2) is 176. The lowest BCUT2D eigenvalue weighted by Crippen LogP contribution is -1.60. The Hall–Kier alpha value is 0.274. The molecule has 0 aromatic heterocycles. The fraction of sp³-hybridized carbons (Fsp3) is 1.00. The molecule has 0 aromatic carbocycles. The number of hydrogen-bond acceptors (Lipinski definition) is 4. The van der Waals surface area contributed by atoms with Crippen LogP contribution < -0.4 is 0 Å². The highest BCUT2D eigenvalue weighted by Crippen LogP contribution is 1.24. The number of hydrogen-bond donors (Lipinski definition) is 2. The fourth-order valence-corrected chi connectivity index (χ4v) is 0. The van der Waals surface area contributed by atoms with Gasteiger partial charge in [0.05, 0.1) is 0 Å². The van der Waals surface area contributed by atoms with Crippen molar-refractivity contribution >= 4 is 21.0 Å². The highest BCUT2D eigenvalue weighted by atomic mass is 28.2. The van der Waals surface area contributed by atoms with Gasteiger partial charge in [0.15, 0.2) is 0 Å². The van der Waals surface area contributed by atoms with Crippen molar-refractivity contribution in [1.82, 2.24) is 0 Å². The van der Waals surface area contributed by atoms with Crippen LogP contribution >= 0.6 is 0 Å². The van der Waals surface area contributed by atoms with Crippen LogP contribution in [0, 0.1) is 0 Å². The Morgan fingerprint density at radius 3 is 1.25 bits per heavy atom. The van der Waals surface area contributed by atoms with Crippen molar-refractivity contribution < 1.29 is 19.8 Å². The number of rotatable bonds is 0. The summed E-state index contributed by atoms with van der Waals surface area (Å²) in [6.45, 7) is 0. The average Bonchev–Trinajstić information content (AvgIpc) is 1.78. The maximum Gasteiger partial charge on any atom is 0.145 e. The first kappa shape index (κ1) is 24.0. The minimum absolute atomic E-state index is 0. The van der Waals surface area contributed by atoms with Gasteiger partial charge in [-0.2, -0.15) is 0 Å². The smallest absolute Gasteiger partial charge is 0.145 e. The highest BCUT2D eigenvalue weighted by molar-refractivity contribution is 5.97. The molecule has 0 heterocycles. The van der Waals surface area contributed by atoms with E-state index in [4.69, 9.17) is 9.90 Å². The van der Waals surface area contributed by atoms with Gasteiger partial charge in [0.1, 0.15) is 21.0 Å². The van der Waals surface area contributed by atoms with Crippen LogP contribution in [0.1, 0.15) is 0 Å². The van der Waals surface area contributed by atoms with Crippen molar-refractivity contribution in [2.45, 2.75) is 0 Å². The molecular formula is C2H15O4Si2-. The number of aliphatic hydroxyl groups is 1. The molecule has 0 aliphatic heterocycles. The molecule has 0 saturated heterocycles. The van der Waals surface area contributed by atoms with Crippen LogP contribution in [0.5, 0.6) is 0 Å². The molecule has 0 amide bonds. The molecule has 0 atom stereocenters. The molecule has 0 unspecified atom stereocenters. The second-order valence-corrected chi connectivity index (χ2v) is 1.22. The summed E-state index contributed by atoms with van der Waals surface area (Å²) in [7, 11) is 3.86. The summed E-state index contributed by atoms with van der Waals surface area (Å²) in [5, 5.41) is 7.00. The lowest BCUT2D eigenvalue weighted by Gasteiger charge is -1.61. The summed E-state index contributed by atoms with van der Waals surface area (Å²) in [6.07, 6.45) is 0. The molecule has 0 bridgehead atoms. The largest absolute Gasteiger partial charge is 0.870 e. The third-order valence-corrected chi connectivity index (χ3v) is 0. The Bertz CT molecular complexity index is 12.0. The molecular weight excluding hydrogens is 144 g/mol. The molecule has 0 aromatic rings. The van der Waals surface area contributed by atoms with E-state index < -0.39 is 0 Å². The minimum Gasteiger partial charge on any atom is -0.870 e. The Labute approximate surface area is 55.9 Å². The summed E-state index contributed by atoms with van der Waals surface area (Å²) in [6, 6.07) is 0. The van der Waals surface area contributed by atoms with Crippen LogP contribution in [0.3, 0.4) is 0 Å². The summed E-state index contributed by atoms with van der Waals surface area (Å²) >= 11 is 0. The molecule has 0 rings (SSSR count). The van der Waals surface area contributed by atoms with Gasteiger partial charge >= 0.3 is 0 Å². The van der Waals surface area contributed by atoms with Gasteiger partial charge in [-0.05, 0) is 0 Å². The fourth-order valence-electron chi connectivity index (χ4n) is 0. The SMILES string of the molecule is CO.CO[SiH3].O[SiH3].[OH-]. The summed E-state index contributed by atoms with van der Waals surface area (Å²) in [5.74, 6) is 0. The number of aliphatic hydroxyl groups excluding tert-OH is 1. The van der Waals surface area contributed by atoms with Crippen molar-refractivity contribution in [3.05, 3.63) is 0 Å². The maximum absolute atomic E-state index is 7.14. The molecule has 3 N–H and O–H groups in total. The Morgan fingerprint density at radius 1 is 1.25 bits per heavy atom. The van der Waals surface area contributed by atoms with Crippen LogP contribution in [0.25, 0.3) is 0 Å². The highest BCUT2D eigenvalue weighted by Gasteiger charge is 1.27. The van der Waals surface area contributed by atoms with Gasteiger partial charge < -0.3 is 19.8 Å². The molecule has 8 heavy (non-hydrogen) atoms. The molecule has 0 spiro atoms. The zero-order chi connectivity index (χ0) is 6.71. The zero-order valence-corrected chi connectivity index (χ0v) is 9.75. The third-order valence-electron chi connectivity index (χ3n) is 0. The summed E-state index contributed by atoms with van der Waals surface area (Å²) < 4.78 is 4.39. The summed E-state index contributed by atoms with van der Waals surface area (Å²) in [5.41, 5.74) is 0. The monoisotopic (exact) mass is 159 g/mol. The van der Waals surface area contributed by atoms with E-state index >= 15 is 0 Å². The van der Waals surface area contributed by atoms with E-state index in [2.05, 4.69) is 4.43 Å². The van der Waals surface area contributed by atoms with E-state index in [1.165, 1.54) is 0 Å². The maximum atomic E-state index is 7.14. The predicted molar refractivity (Wildman–Crippen MR) is 39.2 cm³/mol. The van der Waals surface area contributed by atoms with E-state index in [-0.39, 0.29) is 5.48 Å². The molecule has 0 saturated carbocycles.